The first-order valence-electron chi connectivity index (χ1n) is 9.87. The molecular formula is C23H18F6O5. The maximum atomic E-state index is 14.6. The zero-order valence-corrected chi connectivity index (χ0v) is 17.9. The van der Waals surface area contributed by atoms with Crippen molar-refractivity contribution in [1.82, 2.24) is 0 Å². The van der Waals surface area contributed by atoms with Crippen molar-refractivity contribution in [3.63, 3.8) is 0 Å². The number of phenolic OH excluding ortho intramolecular Hbond substituents is 2. The van der Waals surface area contributed by atoms with Crippen molar-refractivity contribution >= 4 is 17.9 Å². The van der Waals surface area contributed by atoms with E-state index < -0.39 is 74.8 Å². The van der Waals surface area contributed by atoms with E-state index in [1.54, 1.807) is 0 Å². The number of benzene rings is 2. The second-order valence-electron chi connectivity index (χ2n) is 7.35. The second-order valence-corrected chi connectivity index (χ2v) is 7.35. The Morgan fingerprint density at radius 2 is 1.00 bits per heavy atom. The van der Waals surface area contributed by atoms with Gasteiger partial charge in [0.05, 0.1) is 25.3 Å². The summed E-state index contributed by atoms with van der Waals surface area (Å²) in [6.45, 7) is 0. The van der Waals surface area contributed by atoms with Crippen LogP contribution in [0, 0.1) is 34.9 Å². The van der Waals surface area contributed by atoms with Crippen LogP contribution >= 0.6 is 0 Å². The van der Waals surface area contributed by atoms with E-state index in [2.05, 4.69) is 9.47 Å². The molecule has 0 aromatic heterocycles. The van der Waals surface area contributed by atoms with Crippen LogP contribution < -0.4 is 9.47 Å². The van der Waals surface area contributed by atoms with E-state index >= 15 is 0 Å². The van der Waals surface area contributed by atoms with Crippen LogP contribution in [0.15, 0.2) is 11.1 Å². The fraction of sp³-hybridized carbons (Fsp3) is 0.261. The largest absolute Gasteiger partial charge is 0.502 e. The van der Waals surface area contributed by atoms with Crippen LogP contribution in [0.1, 0.15) is 36.8 Å². The Balaban J connectivity index is 2.17. The summed E-state index contributed by atoms with van der Waals surface area (Å²) in [5.74, 6) is -15.6. The molecule has 2 N–H and O–H groups in total. The van der Waals surface area contributed by atoms with Gasteiger partial charge < -0.3 is 19.7 Å². The molecule has 0 atom stereocenters. The molecule has 11 heteroatoms. The van der Waals surface area contributed by atoms with E-state index in [-0.39, 0.29) is 24.0 Å². The van der Waals surface area contributed by atoms with Gasteiger partial charge in [0.1, 0.15) is 0 Å². The van der Waals surface area contributed by atoms with Crippen molar-refractivity contribution in [2.24, 2.45) is 0 Å². The maximum Gasteiger partial charge on any atom is 0.205 e. The Kier molecular flexibility index (Phi) is 7.13. The zero-order valence-electron chi connectivity index (χ0n) is 17.9. The molecule has 34 heavy (non-hydrogen) atoms. The van der Waals surface area contributed by atoms with Crippen molar-refractivity contribution in [2.75, 3.05) is 14.2 Å². The molecule has 1 fully saturated rings. The number of halogens is 6. The van der Waals surface area contributed by atoms with Crippen LogP contribution in [0.25, 0.3) is 12.2 Å². The number of rotatable bonds is 4. The van der Waals surface area contributed by atoms with Gasteiger partial charge in [0.15, 0.2) is 29.1 Å². The Morgan fingerprint density at radius 1 is 0.647 bits per heavy atom. The van der Waals surface area contributed by atoms with Crippen molar-refractivity contribution in [1.29, 1.82) is 0 Å². The molecular weight excluding hydrogens is 470 g/mol. The van der Waals surface area contributed by atoms with E-state index in [0.717, 1.165) is 26.4 Å². The molecule has 0 unspecified atom stereocenters. The van der Waals surface area contributed by atoms with Gasteiger partial charge in [-0.2, -0.15) is 8.78 Å². The highest BCUT2D eigenvalue weighted by molar-refractivity contribution is 6.13. The average Bonchev–Trinajstić information content (AvgIpc) is 2.98. The molecule has 2 aromatic rings. The van der Waals surface area contributed by atoms with Gasteiger partial charge in [0.2, 0.25) is 34.6 Å². The minimum absolute atomic E-state index is 0.0158. The highest BCUT2D eigenvalue weighted by Gasteiger charge is 2.29. The second kappa shape index (κ2) is 9.70. The van der Waals surface area contributed by atoms with Crippen LogP contribution in [0.3, 0.4) is 0 Å². The Morgan fingerprint density at radius 3 is 1.32 bits per heavy atom. The third kappa shape index (κ3) is 4.17. The maximum absolute atomic E-state index is 14.6. The van der Waals surface area contributed by atoms with Crippen LogP contribution in [-0.4, -0.2) is 30.2 Å². The minimum atomic E-state index is -1.79. The van der Waals surface area contributed by atoms with Gasteiger partial charge in [-0.15, -0.1) is 0 Å². The van der Waals surface area contributed by atoms with Gasteiger partial charge in [0, 0.05) is 11.1 Å². The van der Waals surface area contributed by atoms with Gasteiger partial charge in [-0.25, -0.2) is 17.6 Å². The number of methoxy groups -OCH3 is 2. The molecule has 0 amide bonds. The molecule has 0 saturated heterocycles. The first-order chi connectivity index (χ1) is 16.0. The number of aromatic hydroxyl groups is 2. The molecule has 3 rings (SSSR count). The van der Waals surface area contributed by atoms with Gasteiger partial charge in [-0.05, 0) is 37.8 Å². The Bertz CT molecular complexity index is 1140. The predicted molar refractivity (Wildman–Crippen MR) is 108 cm³/mol. The van der Waals surface area contributed by atoms with Crippen molar-refractivity contribution in [3.8, 4) is 23.0 Å². The first-order valence-corrected chi connectivity index (χ1v) is 9.87. The normalized spacial score (nSPS) is 16.8. The topological polar surface area (TPSA) is 76.0 Å². The van der Waals surface area contributed by atoms with Crippen molar-refractivity contribution < 1.29 is 50.8 Å². The summed E-state index contributed by atoms with van der Waals surface area (Å²) in [6, 6.07) is 0. The van der Waals surface area contributed by atoms with E-state index in [9.17, 15) is 41.4 Å². The van der Waals surface area contributed by atoms with Crippen molar-refractivity contribution in [3.05, 3.63) is 57.2 Å². The SMILES string of the molecule is COc1c(O)c(F)c(F)c(/C=C2\CCCC/C(=C\c3c(F)c(F)c(O)c(OC)c3F)C2=O)c1F. The summed E-state index contributed by atoms with van der Waals surface area (Å²) in [5, 5.41) is 19.0. The molecule has 1 saturated carbocycles. The molecule has 1 aliphatic rings. The molecule has 0 radical (unpaired) electrons. The van der Waals surface area contributed by atoms with E-state index in [1.165, 1.54) is 0 Å². The van der Waals surface area contributed by atoms with Crippen LogP contribution in [0.5, 0.6) is 23.0 Å². The molecule has 0 spiro atoms. The van der Waals surface area contributed by atoms with Crippen LogP contribution in [-0.2, 0) is 4.79 Å². The lowest BCUT2D eigenvalue weighted by atomic mass is 9.97. The predicted octanol–water partition coefficient (Wildman–Crippen LogP) is 5.56. The summed E-state index contributed by atoms with van der Waals surface area (Å²) in [4.78, 5) is 13.0. The van der Waals surface area contributed by atoms with Gasteiger partial charge in [-0.1, -0.05) is 0 Å². The number of carbonyl (C=O) groups is 1. The zero-order chi connectivity index (χ0) is 25.3. The molecule has 182 valence electrons. The third-order valence-electron chi connectivity index (χ3n) is 5.35. The van der Waals surface area contributed by atoms with Gasteiger partial charge in [-0.3, -0.25) is 4.79 Å². The number of Topliss-reactive ketones (excluding diaryl/α,β-unsaturated/α-hetero) is 1. The average molecular weight is 488 g/mol. The summed E-state index contributed by atoms with van der Waals surface area (Å²) >= 11 is 0. The molecule has 2 aromatic carbocycles. The number of allylic oxidation sites excluding steroid dienone is 2. The molecule has 0 bridgehead atoms. The number of hydrogen-bond donors (Lipinski definition) is 2. The molecule has 0 aliphatic heterocycles. The Labute approximate surface area is 189 Å². The number of carbonyl (C=O) groups excluding carboxylic acids is 1. The standard InChI is InChI=1S/C23H18F6O5/c1-33-22-15(26)11(13(24)17(28)20(22)31)7-9-5-3-4-6-10(19(9)30)8-12-14(25)18(29)21(32)23(34-2)16(12)27/h7-8,31-32H,3-6H2,1-2H3/b9-7+,10-8+. The smallest absolute Gasteiger partial charge is 0.205 e. The quantitative estimate of drug-likeness (QED) is 0.255. The van der Waals surface area contributed by atoms with E-state index in [1.807, 2.05) is 0 Å². The monoisotopic (exact) mass is 488 g/mol. The molecule has 1 aliphatic carbocycles. The summed E-state index contributed by atoms with van der Waals surface area (Å²) in [7, 11) is 1.83. The van der Waals surface area contributed by atoms with Gasteiger partial charge in [0.25, 0.3) is 0 Å². The number of ketones is 1. The number of hydrogen-bond acceptors (Lipinski definition) is 5. The van der Waals surface area contributed by atoms with E-state index in [0.29, 0.717) is 12.8 Å². The molecule has 0 heterocycles. The lowest BCUT2D eigenvalue weighted by Crippen LogP contribution is -2.07. The fourth-order valence-electron chi connectivity index (χ4n) is 3.60. The van der Waals surface area contributed by atoms with Crippen LogP contribution in [0.2, 0.25) is 0 Å². The molecule has 5 nitrogen and oxygen atoms in total. The number of ether oxygens (including phenoxy) is 2. The lowest BCUT2D eigenvalue weighted by Gasteiger charge is -2.12. The minimum Gasteiger partial charge on any atom is -0.502 e. The third-order valence-corrected chi connectivity index (χ3v) is 5.35. The number of phenols is 2. The summed E-state index contributed by atoms with van der Waals surface area (Å²) in [5.41, 5.74) is -2.43. The Hall–Kier alpha value is -3.63. The summed E-state index contributed by atoms with van der Waals surface area (Å²) < 4.78 is 95.1. The van der Waals surface area contributed by atoms with Crippen LogP contribution in [0.4, 0.5) is 26.3 Å². The van der Waals surface area contributed by atoms with Gasteiger partial charge >= 0.3 is 0 Å². The highest BCUT2D eigenvalue weighted by Crippen LogP contribution is 2.40. The summed E-state index contributed by atoms with van der Waals surface area (Å²) in [6.07, 6.45) is 2.07. The van der Waals surface area contributed by atoms with Crippen molar-refractivity contribution in [2.45, 2.75) is 25.7 Å². The lowest BCUT2D eigenvalue weighted by molar-refractivity contribution is -0.112. The highest BCUT2D eigenvalue weighted by atomic mass is 19.2. The fourth-order valence-corrected chi connectivity index (χ4v) is 3.60. The van der Waals surface area contributed by atoms with E-state index in [4.69, 9.17) is 0 Å². The first kappa shape index (κ1) is 25.0.